The minimum atomic E-state index is 0.154. The number of phenolic OH excluding ortho intramolecular Hbond substituents is 2. The molecule has 4 heteroatoms. The van der Waals surface area contributed by atoms with Crippen molar-refractivity contribution in [2.75, 3.05) is 0 Å². The molecule has 0 amide bonds. The Hall–Kier alpha value is -3.14. The summed E-state index contributed by atoms with van der Waals surface area (Å²) in [5.41, 5.74) is 0. The summed E-state index contributed by atoms with van der Waals surface area (Å²) in [5.74, 6) is 2.69. The lowest BCUT2D eigenvalue weighted by molar-refractivity contribution is 0.448. The van der Waals surface area contributed by atoms with Crippen LogP contribution in [0.25, 0.3) is 0 Å². The lowest BCUT2D eigenvalue weighted by atomic mass is 10.3. The first kappa shape index (κ1) is 13.8. The van der Waals surface area contributed by atoms with E-state index in [0.29, 0.717) is 23.0 Å². The van der Waals surface area contributed by atoms with Gasteiger partial charge in [-0.1, -0.05) is 12.1 Å². The molecule has 2 N–H and O–H groups in total. The molecule has 0 heterocycles. The van der Waals surface area contributed by atoms with Gasteiger partial charge in [0.05, 0.1) is 0 Å². The van der Waals surface area contributed by atoms with Gasteiger partial charge in [-0.3, -0.25) is 0 Å². The highest BCUT2D eigenvalue weighted by molar-refractivity contribution is 5.40. The minimum Gasteiger partial charge on any atom is -0.508 e. The molecule has 0 aliphatic carbocycles. The largest absolute Gasteiger partial charge is 0.508 e. The smallest absolute Gasteiger partial charge is 0.131 e. The fourth-order valence-corrected chi connectivity index (χ4v) is 1.94. The molecule has 0 saturated carbocycles. The molecule has 0 aromatic heterocycles. The third-order valence-corrected chi connectivity index (χ3v) is 2.93. The van der Waals surface area contributed by atoms with Crippen LogP contribution in [0.1, 0.15) is 0 Å². The number of hydrogen-bond donors (Lipinski definition) is 2. The number of aromatic hydroxyl groups is 2. The van der Waals surface area contributed by atoms with E-state index < -0.39 is 0 Å². The van der Waals surface area contributed by atoms with Crippen LogP contribution in [0.2, 0.25) is 0 Å². The molecular weight excluding hydrogens is 280 g/mol. The molecule has 0 spiro atoms. The maximum absolute atomic E-state index is 9.40. The van der Waals surface area contributed by atoms with Crippen LogP contribution in [-0.4, -0.2) is 10.2 Å². The zero-order valence-corrected chi connectivity index (χ0v) is 11.6. The van der Waals surface area contributed by atoms with Gasteiger partial charge in [0.15, 0.2) is 0 Å². The number of rotatable bonds is 4. The topological polar surface area (TPSA) is 58.9 Å². The minimum absolute atomic E-state index is 0.154. The monoisotopic (exact) mass is 294 g/mol. The fourth-order valence-electron chi connectivity index (χ4n) is 1.94. The van der Waals surface area contributed by atoms with Crippen molar-refractivity contribution in [1.29, 1.82) is 0 Å². The molecule has 22 heavy (non-hydrogen) atoms. The molecule has 0 radical (unpaired) electrons. The molecule has 0 aliphatic heterocycles. The van der Waals surface area contributed by atoms with Crippen LogP contribution in [0, 0.1) is 0 Å². The summed E-state index contributed by atoms with van der Waals surface area (Å²) < 4.78 is 11.3. The van der Waals surface area contributed by atoms with E-state index in [1.54, 1.807) is 60.7 Å². The van der Waals surface area contributed by atoms with Gasteiger partial charge in [-0.2, -0.15) is 0 Å². The van der Waals surface area contributed by atoms with Gasteiger partial charge in [0.1, 0.15) is 34.5 Å². The molecule has 0 atom stereocenters. The van der Waals surface area contributed by atoms with Crippen LogP contribution in [0.5, 0.6) is 34.5 Å². The molecule has 0 bridgehead atoms. The quantitative estimate of drug-likeness (QED) is 0.733. The van der Waals surface area contributed by atoms with Crippen LogP contribution in [-0.2, 0) is 0 Å². The van der Waals surface area contributed by atoms with E-state index in [1.807, 2.05) is 0 Å². The number of hydrogen-bond acceptors (Lipinski definition) is 4. The van der Waals surface area contributed by atoms with E-state index in [-0.39, 0.29) is 11.5 Å². The highest BCUT2D eigenvalue weighted by atomic mass is 16.5. The Balaban J connectivity index is 1.70. The SMILES string of the molecule is Oc1cccc(Oc2ccc(Oc3cccc(O)c3)cc2)c1. The van der Waals surface area contributed by atoms with E-state index in [1.165, 1.54) is 12.1 Å². The Kier molecular flexibility index (Phi) is 3.83. The summed E-state index contributed by atoms with van der Waals surface area (Å²) >= 11 is 0. The molecule has 4 nitrogen and oxygen atoms in total. The number of phenols is 2. The molecule has 3 rings (SSSR count). The van der Waals surface area contributed by atoms with Gasteiger partial charge in [0, 0.05) is 12.1 Å². The summed E-state index contributed by atoms with van der Waals surface area (Å²) in [7, 11) is 0. The van der Waals surface area contributed by atoms with Crippen molar-refractivity contribution in [1.82, 2.24) is 0 Å². The van der Waals surface area contributed by atoms with E-state index >= 15 is 0 Å². The van der Waals surface area contributed by atoms with Crippen LogP contribution in [0.4, 0.5) is 0 Å². The second-order valence-electron chi connectivity index (χ2n) is 4.67. The van der Waals surface area contributed by atoms with Crippen molar-refractivity contribution >= 4 is 0 Å². The average molecular weight is 294 g/mol. The van der Waals surface area contributed by atoms with Crippen LogP contribution < -0.4 is 9.47 Å². The van der Waals surface area contributed by atoms with Gasteiger partial charge in [-0.15, -0.1) is 0 Å². The summed E-state index contributed by atoms with van der Waals surface area (Å²) in [4.78, 5) is 0. The normalized spacial score (nSPS) is 10.2. The van der Waals surface area contributed by atoms with Crippen LogP contribution >= 0.6 is 0 Å². The Labute approximate surface area is 127 Å². The summed E-state index contributed by atoms with van der Waals surface area (Å²) in [6.07, 6.45) is 0. The fraction of sp³-hybridized carbons (Fsp3) is 0. The number of benzene rings is 3. The standard InChI is InChI=1S/C18H14O4/c19-13-3-1-5-17(11-13)21-15-7-9-16(10-8-15)22-18-6-2-4-14(20)12-18/h1-12,19-20H. The summed E-state index contributed by atoms with van der Waals surface area (Å²) in [6.45, 7) is 0. The second-order valence-corrected chi connectivity index (χ2v) is 4.67. The van der Waals surface area contributed by atoms with E-state index in [4.69, 9.17) is 9.47 Å². The highest BCUT2D eigenvalue weighted by Gasteiger charge is 2.01. The predicted molar refractivity (Wildman–Crippen MR) is 82.8 cm³/mol. The van der Waals surface area contributed by atoms with Crippen molar-refractivity contribution in [3.05, 3.63) is 72.8 Å². The van der Waals surface area contributed by atoms with Crippen molar-refractivity contribution in [2.24, 2.45) is 0 Å². The Morgan fingerprint density at radius 2 is 0.909 bits per heavy atom. The van der Waals surface area contributed by atoms with Crippen molar-refractivity contribution < 1.29 is 19.7 Å². The molecule has 3 aromatic rings. The van der Waals surface area contributed by atoms with Gasteiger partial charge < -0.3 is 19.7 Å². The lowest BCUT2D eigenvalue weighted by Gasteiger charge is -2.08. The third-order valence-electron chi connectivity index (χ3n) is 2.93. The Morgan fingerprint density at radius 1 is 0.500 bits per heavy atom. The van der Waals surface area contributed by atoms with E-state index in [2.05, 4.69) is 0 Å². The first-order chi connectivity index (χ1) is 10.7. The number of ether oxygens (including phenoxy) is 2. The van der Waals surface area contributed by atoms with Gasteiger partial charge >= 0.3 is 0 Å². The second kappa shape index (κ2) is 6.10. The average Bonchev–Trinajstić information content (AvgIpc) is 2.49. The predicted octanol–water partition coefficient (Wildman–Crippen LogP) is 4.68. The van der Waals surface area contributed by atoms with E-state index in [0.717, 1.165) is 0 Å². The zero-order chi connectivity index (χ0) is 15.4. The maximum atomic E-state index is 9.40. The highest BCUT2D eigenvalue weighted by Crippen LogP contribution is 2.29. The molecule has 110 valence electrons. The molecule has 0 fully saturated rings. The molecule has 0 unspecified atom stereocenters. The maximum Gasteiger partial charge on any atom is 0.131 e. The van der Waals surface area contributed by atoms with Gasteiger partial charge in [0.2, 0.25) is 0 Å². The molecular formula is C18H14O4. The lowest BCUT2D eigenvalue weighted by Crippen LogP contribution is -1.86. The Morgan fingerprint density at radius 3 is 1.27 bits per heavy atom. The first-order valence-electron chi connectivity index (χ1n) is 6.73. The van der Waals surface area contributed by atoms with Gasteiger partial charge in [0.25, 0.3) is 0 Å². The molecule has 0 saturated heterocycles. The van der Waals surface area contributed by atoms with Crippen LogP contribution in [0.3, 0.4) is 0 Å². The molecule has 0 aliphatic rings. The van der Waals surface area contributed by atoms with Crippen molar-refractivity contribution in [3.63, 3.8) is 0 Å². The van der Waals surface area contributed by atoms with E-state index in [9.17, 15) is 10.2 Å². The van der Waals surface area contributed by atoms with Crippen molar-refractivity contribution in [3.8, 4) is 34.5 Å². The van der Waals surface area contributed by atoms with Crippen LogP contribution in [0.15, 0.2) is 72.8 Å². The summed E-state index contributed by atoms with van der Waals surface area (Å²) in [6, 6.07) is 20.3. The van der Waals surface area contributed by atoms with Crippen molar-refractivity contribution in [2.45, 2.75) is 0 Å². The molecule has 3 aromatic carbocycles. The summed E-state index contributed by atoms with van der Waals surface area (Å²) in [5, 5.41) is 18.8. The first-order valence-corrected chi connectivity index (χ1v) is 6.73. The Bertz CT molecular complexity index is 700. The zero-order valence-electron chi connectivity index (χ0n) is 11.6. The van der Waals surface area contributed by atoms with Gasteiger partial charge in [-0.05, 0) is 48.5 Å². The third kappa shape index (κ3) is 3.49. The van der Waals surface area contributed by atoms with Gasteiger partial charge in [-0.25, -0.2) is 0 Å².